The molecule has 3 rings (SSSR count). The largest absolute Gasteiger partial charge is 0.370 e. The standard InChI is InChI=1S/C22H25FN4O.HI/c1-3-25-22(26-14-18-12-17(13-24)8-9-20(18)23)27-10-11-28-21(15-27)19-7-5-4-6-16(19)2;/h4-9,12,21H,3,10-11,14-15H2,1-2H3,(H,25,26);1H. The fraction of sp³-hybridized carbons (Fsp3) is 0.364. The van der Waals surface area contributed by atoms with Gasteiger partial charge in [-0.1, -0.05) is 24.3 Å². The van der Waals surface area contributed by atoms with Gasteiger partial charge in [0.15, 0.2) is 5.96 Å². The van der Waals surface area contributed by atoms with Crippen LogP contribution in [0.2, 0.25) is 0 Å². The molecule has 0 saturated carbocycles. The topological polar surface area (TPSA) is 60.7 Å². The molecule has 1 heterocycles. The van der Waals surface area contributed by atoms with Gasteiger partial charge in [-0.3, -0.25) is 0 Å². The van der Waals surface area contributed by atoms with E-state index in [0.717, 1.165) is 12.5 Å². The number of guanidine groups is 1. The Kier molecular flexibility index (Phi) is 8.86. The van der Waals surface area contributed by atoms with Crippen molar-refractivity contribution in [3.8, 4) is 6.07 Å². The molecule has 0 radical (unpaired) electrons. The molecule has 1 aliphatic heterocycles. The number of halogens is 2. The van der Waals surface area contributed by atoms with Crippen LogP contribution in [0.25, 0.3) is 0 Å². The van der Waals surface area contributed by atoms with Crippen molar-refractivity contribution in [2.24, 2.45) is 4.99 Å². The van der Waals surface area contributed by atoms with Gasteiger partial charge in [0.25, 0.3) is 0 Å². The van der Waals surface area contributed by atoms with Gasteiger partial charge in [-0.05, 0) is 43.2 Å². The van der Waals surface area contributed by atoms with Crippen LogP contribution >= 0.6 is 24.0 Å². The van der Waals surface area contributed by atoms with Gasteiger partial charge in [-0.2, -0.15) is 5.26 Å². The number of rotatable bonds is 4. The Morgan fingerprint density at radius 2 is 2.14 bits per heavy atom. The minimum Gasteiger partial charge on any atom is -0.370 e. The molecule has 1 atom stereocenters. The van der Waals surface area contributed by atoms with E-state index in [0.29, 0.717) is 30.8 Å². The quantitative estimate of drug-likeness (QED) is 0.383. The summed E-state index contributed by atoms with van der Waals surface area (Å²) in [6.45, 7) is 6.98. The van der Waals surface area contributed by atoms with Crippen LogP contribution in [0.15, 0.2) is 47.5 Å². The Bertz CT molecular complexity index is 897. The average molecular weight is 508 g/mol. The molecule has 1 aliphatic rings. The second-order valence-corrected chi connectivity index (χ2v) is 6.75. The number of benzene rings is 2. The molecule has 29 heavy (non-hydrogen) atoms. The molecule has 1 N–H and O–H groups in total. The molecule has 0 aromatic heterocycles. The van der Waals surface area contributed by atoms with Crippen LogP contribution in [0.1, 0.15) is 35.3 Å². The average Bonchev–Trinajstić information content (AvgIpc) is 2.72. The molecule has 5 nitrogen and oxygen atoms in total. The minimum atomic E-state index is -0.349. The second kappa shape index (κ2) is 11.1. The van der Waals surface area contributed by atoms with Gasteiger partial charge >= 0.3 is 0 Å². The lowest BCUT2D eigenvalue weighted by atomic mass is 10.0. The van der Waals surface area contributed by atoms with Crippen molar-refractivity contribution in [3.05, 3.63) is 70.5 Å². The summed E-state index contributed by atoms with van der Waals surface area (Å²) in [6, 6.07) is 14.6. The molecular formula is C22H26FIN4O. The SMILES string of the molecule is CCNC(=NCc1cc(C#N)ccc1F)N1CCOC(c2ccccc2C)C1.I. The molecule has 1 unspecified atom stereocenters. The monoisotopic (exact) mass is 508 g/mol. The van der Waals surface area contributed by atoms with E-state index in [1.165, 1.54) is 23.3 Å². The molecule has 2 aromatic rings. The van der Waals surface area contributed by atoms with Gasteiger partial charge in [-0.25, -0.2) is 9.38 Å². The lowest BCUT2D eigenvalue weighted by molar-refractivity contribution is -0.00834. The van der Waals surface area contributed by atoms with Crippen LogP contribution in [0.3, 0.4) is 0 Å². The zero-order valence-corrected chi connectivity index (χ0v) is 19.0. The number of aryl methyl sites for hydroxylation is 1. The maximum Gasteiger partial charge on any atom is 0.194 e. The first-order chi connectivity index (χ1) is 13.6. The van der Waals surface area contributed by atoms with Crippen LogP contribution in [-0.4, -0.2) is 37.1 Å². The predicted molar refractivity (Wildman–Crippen MR) is 123 cm³/mol. The van der Waals surface area contributed by atoms with Gasteiger partial charge in [0.2, 0.25) is 0 Å². The van der Waals surface area contributed by atoms with Crippen LogP contribution < -0.4 is 5.32 Å². The Morgan fingerprint density at radius 1 is 1.34 bits per heavy atom. The Morgan fingerprint density at radius 3 is 2.86 bits per heavy atom. The summed E-state index contributed by atoms with van der Waals surface area (Å²) in [6.07, 6.45) is -0.0301. The third kappa shape index (κ3) is 5.90. The van der Waals surface area contributed by atoms with E-state index in [9.17, 15) is 4.39 Å². The number of nitriles is 1. The van der Waals surface area contributed by atoms with Gasteiger partial charge in [-0.15, -0.1) is 24.0 Å². The third-order valence-electron chi connectivity index (χ3n) is 4.81. The summed E-state index contributed by atoms with van der Waals surface area (Å²) in [4.78, 5) is 6.77. The van der Waals surface area contributed by atoms with Crippen molar-refractivity contribution >= 4 is 29.9 Å². The summed E-state index contributed by atoms with van der Waals surface area (Å²) in [7, 11) is 0. The zero-order chi connectivity index (χ0) is 19.9. The first-order valence-corrected chi connectivity index (χ1v) is 9.51. The molecule has 154 valence electrons. The molecule has 0 amide bonds. The smallest absolute Gasteiger partial charge is 0.194 e. The number of morpholine rings is 1. The van der Waals surface area contributed by atoms with Crippen molar-refractivity contribution in [3.63, 3.8) is 0 Å². The minimum absolute atomic E-state index is 0. The van der Waals surface area contributed by atoms with Crippen LogP contribution in [-0.2, 0) is 11.3 Å². The fourth-order valence-corrected chi connectivity index (χ4v) is 3.33. The molecule has 1 fully saturated rings. The van der Waals surface area contributed by atoms with Gasteiger partial charge in [0, 0.05) is 18.7 Å². The highest BCUT2D eigenvalue weighted by atomic mass is 127. The number of nitrogens with one attached hydrogen (secondary N) is 1. The molecule has 1 saturated heterocycles. The van der Waals surface area contributed by atoms with E-state index in [-0.39, 0.29) is 42.4 Å². The van der Waals surface area contributed by atoms with E-state index in [1.807, 2.05) is 25.1 Å². The fourth-order valence-electron chi connectivity index (χ4n) is 3.33. The van der Waals surface area contributed by atoms with Gasteiger partial charge < -0.3 is 15.0 Å². The maximum absolute atomic E-state index is 14.1. The number of aliphatic imine (C=N–C) groups is 1. The summed E-state index contributed by atoms with van der Waals surface area (Å²) >= 11 is 0. The molecule has 2 aromatic carbocycles. The van der Waals surface area contributed by atoms with E-state index >= 15 is 0 Å². The Labute approximate surface area is 188 Å². The van der Waals surface area contributed by atoms with Crippen LogP contribution in [0.4, 0.5) is 4.39 Å². The third-order valence-corrected chi connectivity index (χ3v) is 4.81. The molecule has 7 heteroatoms. The summed E-state index contributed by atoms with van der Waals surface area (Å²) in [5.41, 5.74) is 3.23. The number of ether oxygens (including phenoxy) is 1. The van der Waals surface area contributed by atoms with Crippen molar-refractivity contribution in [1.29, 1.82) is 5.26 Å². The van der Waals surface area contributed by atoms with Crippen LogP contribution in [0, 0.1) is 24.1 Å². The summed E-state index contributed by atoms with van der Waals surface area (Å²) < 4.78 is 20.1. The zero-order valence-electron chi connectivity index (χ0n) is 16.7. The van der Waals surface area contributed by atoms with E-state index in [4.69, 9.17) is 10.00 Å². The Balaban J connectivity index is 0.00000300. The van der Waals surface area contributed by atoms with E-state index < -0.39 is 0 Å². The van der Waals surface area contributed by atoms with Crippen molar-refractivity contribution in [2.45, 2.75) is 26.5 Å². The van der Waals surface area contributed by atoms with Gasteiger partial charge in [0.05, 0.1) is 31.3 Å². The first kappa shape index (κ1) is 23.1. The second-order valence-electron chi connectivity index (χ2n) is 6.75. The molecule has 0 spiro atoms. The lowest BCUT2D eigenvalue weighted by Crippen LogP contribution is -2.48. The summed E-state index contributed by atoms with van der Waals surface area (Å²) in [5, 5.41) is 12.3. The highest BCUT2D eigenvalue weighted by Crippen LogP contribution is 2.25. The number of hydrogen-bond acceptors (Lipinski definition) is 3. The van der Waals surface area contributed by atoms with Gasteiger partial charge in [0.1, 0.15) is 11.9 Å². The normalized spacial score (nSPS) is 16.7. The number of nitrogens with zero attached hydrogens (tertiary/aromatic N) is 3. The highest BCUT2D eigenvalue weighted by Gasteiger charge is 2.25. The molecule has 0 aliphatic carbocycles. The van der Waals surface area contributed by atoms with Crippen molar-refractivity contribution in [2.75, 3.05) is 26.2 Å². The van der Waals surface area contributed by atoms with Crippen molar-refractivity contribution < 1.29 is 9.13 Å². The molecular weight excluding hydrogens is 482 g/mol. The van der Waals surface area contributed by atoms with E-state index in [1.54, 1.807) is 6.07 Å². The van der Waals surface area contributed by atoms with Crippen LogP contribution in [0.5, 0.6) is 0 Å². The Hall–Kier alpha value is -2.18. The number of hydrogen-bond donors (Lipinski definition) is 1. The lowest BCUT2D eigenvalue weighted by Gasteiger charge is -2.35. The molecule has 0 bridgehead atoms. The maximum atomic E-state index is 14.1. The highest BCUT2D eigenvalue weighted by molar-refractivity contribution is 14.0. The van der Waals surface area contributed by atoms with E-state index in [2.05, 4.69) is 34.3 Å². The van der Waals surface area contributed by atoms with Crippen molar-refractivity contribution in [1.82, 2.24) is 10.2 Å². The first-order valence-electron chi connectivity index (χ1n) is 9.51. The predicted octanol–water partition coefficient (Wildman–Crippen LogP) is 4.16. The summed E-state index contributed by atoms with van der Waals surface area (Å²) in [5.74, 6) is 0.379.